The normalized spacial score (nSPS) is 15.2. The summed E-state index contributed by atoms with van der Waals surface area (Å²) in [5, 5.41) is 1.23. The fourth-order valence-corrected chi connectivity index (χ4v) is 1.99. The van der Waals surface area contributed by atoms with Crippen molar-refractivity contribution in [3.05, 3.63) is 33.8 Å². The van der Waals surface area contributed by atoms with Crippen LogP contribution in [0.1, 0.15) is 18.4 Å². The molecule has 0 aromatic heterocycles. The van der Waals surface area contributed by atoms with Gasteiger partial charge in [-0.1, -0.05) is 23.2 Å². The van der Waals surface area contributed by atoms with Crippen molar-refractivity contribution in [2.75, 3.05) is 6.54 Å². The average Bonchev–Trinajstić information content (AvgIpc) is 2.02. The van der Waals surface area contributed by atoms with Crippen LogP contribution in [0.4, 0.5) is 0 Å². The molecule has 0 amide bonds. The van der Waals surface area contributed by atoms with Gasteiger partial charge in [-0.25, -0.2) is 0 Å². The Balaban J connectivity index is 3.04. The maximum atomic E-state index is 5.89. The van der Waals surface area contributed by atoms with Gasteiger partial charge in [0.2, 0.25) is 0 Å². The number of hydrogen-bond donors (Lipinski definition) is 2. The zero-order valence-electron chi connectivity index (χ0n) is 8.00. The fraction of sp³-hybridized carbons (Fsp3) is 0.400. The molecule has 1 rings (SSSR count). The molecule has 14 heavy (non-hydrogen) atoms. The molecule has 0 aliphatic carbocycles. The first-order valence-electron chi connectivity index (χ1n) is 4.46. The fourth-order valence-electron chi connectivity index (χ4n) is 1.44. The molecule has 0 aliphatic rings. The molecule has 4 N–H and O–H groups in total. The van der Waals surface area contributed by atoms with Gasteiger partial charge < -0.3 is 11.5 Å². The summed E-state index contributed by atoms with van der Waals surface area (Å²) < 4.78 is 0. The maximum absolute atomic E-state index is 5.89. The second kappa shape index (κ2) is 4.99. The highest BCUT2D eigenvalue weighted by Gasteiger charge is 2.15. The van der Waals surface area contributed by atoms with Crippen molar-refractivity contribution < 1.29 is 0 Å². The summed E-state index contributed by atoms with van der Waals surface area (Å²) in [5.74, 6) is 0.103. The first-order chi connectivity index (χ1) is 6.54. The Kier molecular flexibility index (Phi) is 4.20. The molecule has 4 heteroatoms. The van der Waals surface area contributed by atoms with Gasteiger partial charge in [-0.3, -0.25) is 0 Å². The van der Waals surface area contributed by atoms with Crippen molar-refractivity contribution in [1.29, 1.82) is 0 Å². The lowest BCUT2D eigenvalue weighted by Gasteiger charge is -2.19. The van der Waals surface area contributed by atoms with Gasteiger partial charge in [-0.15, -0.1) is 0 Å². The van der Waals surface area contributed by atoms with Gasteiger partial charge in [-0.2, -0.15) is 0 Å². The predicted octanol–water partition coefficient (Wildman–Crippen LogP) is 2.38. The third-order valence-electron chi connectivity index (χ3n) is 2.20. The van der Waals surface area contributed by atoms with E-state index < -0.39 is 0 Å². The van der Waals surface area contributed by atoms with E-state index in [9.17, 15) is 0 Å². The topological polar surface area (TPSA) is 52.0 Å². The van der Waals surface area contributed by atoms with Crippen molar-refractivity contribution in [2.24, 2.45) is 11.5 Å². The second-order valence-electron chi connectivity index (χ2n) is 3.40. The zero-order chi connectivity index (χ0) is 10.7. The molecule has 0 fully saturated rings. The van der Waals surface area contributed by atoms with E-state index in [1.165, 1.54) is 0 Å². The summed E-state index contributed by atoms with van der Waals surface area (Å²) in [6.45, 7) is 2.42. The highest BCUT2D eigenvalue weighted by molar-refractivity contribution is 6.34. The van der Waals surface area contributed by atoms with Crippen LogP contribution in [-0.2, 0) is 0 Å². The third kappa shape index (κ3) is 2.85. The summed E-state index contributed by atoms with van der Waals surface area (Å²) in [6, 6.07) is 5.40. The van der Waals surface area contributed by atoms with Crippen molar-refractivity contribution in [3.8, 4) is 0 Å². The van der Waals surface area contributed by atoms with Crippen LogP contribution in [-0.4, -0.2) is 12.6 Å². The van der Waals surface area contributed by atoms with E-state index in [4.69, 9.17) is 34.7 Å². The lowest BCUT2D eigenvalue weighted by Crippen LogP contribution is -2.30. The van der Waals surface area contributed by atoms with Gasteiger partial charge in [-0.05, 0) is 30.7 Å². The van der Waals surface area contributed by atoms with E-state index in [1.807, 2.05) is 19.1 Å². The average molecular weight is 233 g/mol. The van der Waals surface area contributed by atoms with Gasteiger partial charge >= 0.3 is 0 Å². The van der Waals surface area contributed by atoms with Crippen LogP contribution in [0.3, 0.4) is 0 Å². The minimum atomic E-state index is -0.00506. The molecule has 1 aromatic carbocycles. The van der Waals surface area contributed by atoms with Crippen molar-refractivity contribution >= 4 is 23.2 Å². The van der Waals surface area contributed by atoms with Crippen LogP contribution >= 0.6 is 23.2 Å². The summed E-state index contributed by atoms with van der Waals surface area (Å²) in [5.41, 5.74) is 12.5. The van der Waals surface area contributed by atoms with Crippen LogP contribution in [0.25, 0.3) is 0 Å². The van der Waals surface area contributed by atoms with Crippen LogP contribution in [0, 0.1) is 0 Å². The summed E-state index contributed by atoms with van der Waals surface area (Å²) in [6.07, 6.45) is 0. The SMILES string of the molecule is CC(N)C(CN)c1cc(Cl)cc(Cl)c1. The molecule has 0 heterocycles. The molecule has 0 saturated heterocycles. The van der Waals surface area contributed by atoms with E-state index in [0.717, 1.165) is 5.56 Å². The Morgan fingerprint density at radius 3 is 2.07 bits per heavy atom. The molecule has 2 unspecified atom stereocenters. The molecule has 2 atom stereocenters. The van der Waals surface area contributed by atoms with E-state index in [1.54, 1.807) is 6.07 Å². The maximum Gasteiger partial charge on any atom is 0.0423 e. The smallest absolute Gasteiger partial charge is 0.0423 e. The molecule has 0 radical (unpaired) electrons. The Hall–Kier alpha value is -0.280. The van der Waals surface area contributed by atoms with Gasteiger partial charge in [0.1, 0.15) is 0 Å². The minimum Gasteiger partial charge on any atom is -0.330 e. The van der Waals surface area contributed by atoms with Crippen molar-refractivity contribution in [3.63, 3.8) is 0 Å². The zero-order valence-corrected chi connectivity index (χ0v) is 9.52. The molecule has 0 spiro atoms. The minimum absolute atomic E-state index is 0.00506. The molecule has 2 nitrogen and oxygen atoms in total. The molecule has 0 bridgehead atoms. The van der Waals surface area contributed by atoms with Gasteiger partial charge in [0, 0.05) is 28.5 Å². The number of rotatable bonds is 3. The van der Waals surface area contributed by atoms with E-state index in [0.29, 0.717) is 16.6 Å². The number of benzene rings is 1. The van der Waals surface area contributed by atoms with E-state index in [-0.39, 0.29) is 12.0 Å². The van der Waals surface area contributed by atoms with Crippen LogP contribution in [0.15, 0.2) is 18.2 Å². The first-order valence-corrected chi connectivity index (χ1v) is 5.22. The molecular weight excluding hydrogens is 219 g/mol. The highest BCUT2D eigenvalue weighted by atomic mass is 35.5. The molecule has 0 aliphatic heterocycles. The van der Waals surface area contributed by atoms with Crippen LogP contribution in [0.2, 0.25) is 10.0 Å². The van der Waals surface area contributed by atoms with Gasteiger partial charge in [0.05, 0.1) is 0 Å². The standard InChI is InChI=1S/C10H14Cl2N2/c1-6(14)10(5-13)7-2-8(11)4-9(12)3-7/h2-4,6,10H,5,13-14H2,1H3. The predicted molar refractivity (Wildman–Crippen MR) is 61.9 cm³/mol. The van der Waals surface area contributed by atoms with Crippen molar-refractivity contribution in [2.45, 2.75) is 18.9 Å². The van der Waals surface area contributed by atoms with E-state index >= 15 is 0 Å². The summed E-state index contributed by atoms with van der Waals surface area (Å²) in [7, 11) is 0. The monoisotopic (exact) mass is 232 g/mol. The van der Waals surface area contributed by atoms with E-state index in [2.05, 4.69) is 0 Å². The van der Waals surface area contributed by atoms with Gasteiger partial charge in [0.25, 0.3) is 0 Å². The number of hydrogen-bond acceptors (Lipinski definition) is 2. The number of nitrogens with two attached hydrogens (primary N) is 2. The third-order valence-corrected chi connectivity index (χ3v) is 2.64. The van der Waals surface area contributed by atoms with Crippen LogP contribution < -0.4 is 11.5 Å². The molecule has 78 valence electrons. The molecular formula is C10H14Cl2N2. The quantitative estimate of drug-likeness (QED) is 0.842. The second-order valence-corrected chi connectivity index (χ2v) is 4.28. The molecule has 1 aromatic rings. The summed E-state index contributed by atoms with van der Waals surface area (Å²) in [4.78, 5) is 0. The lowest BCUT2D eigenvalue weighted by atomic mass is 9.93. The lowest BCUT2D eigenvalue weighted by molar-refractivity contribution is 0.577. The van der Waals surface area contributed by atoms with Gasteiger partial charge in [0.15, 0.2) is 0 Å². The molecule has 0 saturated carbocycles. The Bertz CT molecular complexity index is 293. The van der Waals surface area contributed by atoms with Crippen LogP contribution in [0.5, 0.6) is 0 Å². The Labute approximate surface area is 94.2 Å². The number of halogens is 2. The Morgan fingerprint density at radius 1 is 1.21 bits per heavy atom. The Morgan fingerprint density at radius 2 is 1.71 bits per heavy atom. The van der Waals surface area contributed by atoms with Crippen molar-refractivity contribution in [1.82, 2.24) is 0 Å². The summed E-state index contributed by atoms with van der Waals surface area (Å²) >= 11 is 11.8. The largest absolute Gasteiger partial charge is 0.330 e. The highest BCUT2D eigenvalue weighted by Crippen LogP contribution is 2.25. The first kappa shape index (κ1) is 11.8.